The van der Waals surface area contributed by atoms with E-state index in [1.165, 1.54) is 13.2 Å². The van der Waals surface area contributed by atoms with Gasteiger partial charge >= 0.3 is 6.03 Å². The number of benzene rings is 3. The molecule has 178 valence electrons. The number of anilines is 2. The van der Waals surface area contributed by atoms with Gasteiger partial charge in [-0.2, -0.15) is 0 Å². The second-order valence-corrected chi connectivity index (χ2v) is 8.63. The van der Waals surface area contributed by atoms with Crippen molar-refractivity contribution in [2.45, 2.75) is 0 Å². The molecule has 4 rings (SSSR count). The predicted molar refractivity (Wildman–Crippen MR) is 137 cm³/mol. The van der Waals surface area contributed by atoms with Crippen molar-refractivity contribution in [3.05, 3.63) is 87.5 Å². The second-order valence-electron chi connectivity index (χ2n) is 7.34. The lowest BCUT2D eigenvalue weighted by Gasteiger charge is -2.14. The molecule has 8 nitrogen and oxygen atoms in total. The fourth-order valence-electron chi connectivity index (χ4n) is 3.35. The van der Waals surface area contributed by atoms with Crippen molar-refractivity contribution in [3.63, 3.8) is 0 Å². The molecule has 0 radical (unpaired) electrons. The number of amides is 4. The highest BCUT2D eigenvalue weighted by molar-refractivity contribution is 9.10. The van der Waals surface area contributed by atoms with Crippen molar-refractivity contribution < 1.29 is 23.9 Å². The van der Waals surface area contributed by atoms with Gasteiger partial charge in [0.1, 0.15) is 5.70 Å². The van der Waals surface area contributed by atoms with E-state index in [2.05, 4.69) is 26.6 Å². The predicted octanol–water partition coefficient (Wildman–Crippen LogP) is 5.23. The molecular formula is C25H19BrClN3O5. The van der Waals surface area contributed by atoms with E-state index in [0.29, 0.717) is 37.9 Å². The molecule has 1 heterocycles. The lowest BCUT2D eigenvalue weighted by atomic mass is 10.1. The van der Waals surface area contributed by atoms with Gasteiger partial charge in [0.15, 0.2) is 18.1 Å². The summed E-state index contributed by atoms with van der Waals surface area (Å²) in [6, 6.07) is 18.1. The molecule has 1 aliphatic rings. The van der Waals surface area contributed by atoms with Gasteiger partial charge in [-0.1, -0.05) is 29.8 Å². The van der Waals surface area contributed by atoms with Crippen molar-refractivity contribution in [3.8, 4) is 11.5 Å². The highest BCUT2D eigenvalue weighted by atomic mass is 79.9. The minimum Gasteiger partial charge on any atom is -0.493 e. The largest absolute Gasteiger partial charge is 0.493 e. The molecule has 1 aliphatic heterocycles. The molecule has 1 fully saturated rings. The number of urea groups is 1. The number of hydrogen-bond acceptors (Lipinski definition) is 5. The van der Waals surface area contributed by atoms with Crippen LogP contribution in [0, 0.1) is 0 Å². The van der Waals surface area contributed by atoms with Crippen LogP contribution in [0.15, 0.2) is 76.9 Å². The maximum atomic E-state index is 12.9. The smallest absolute Gasteiger partial charge is 0.333 e. The summed E-state index contributed by atoms with van der Waals surface area (Å²) in [5, 5.41) is 5.81. The monoisotopic (exact) mass is 555 g/mol. The van der Waals surface area contributed by atoms with Crippen molar-refractivity contribution in [1.82, 2.24) is 5.32 Å². The number of imide groups is 1. The van der Waals surface area contributed by atoms with E-state index >= 15 is 0 Å². The fourth-order valence-corrected chi connectivity index (χ4v) is 4.05. The van der Waals surface area contributed by atoms with E-state index in [0.717, 1.165) is 4.90 Å². The van der Waals surface area contributed by atoms with E-state index < -0.39 is 11.9 Å². The molecular weight excluding hydrogens is 538 g/mol. The average Bonchev–Trinajstić information content (AvgIpc) is 3.11. The summed E-state index contributed by atoms with van der Waals surface area (Å²) < 4.78 is 11.6. The zero-order valence-electron chi connectivity index (χ0n) is 18.4. The van der Waals surface area contributed by atoms with Crippen LogP contribution in [0.3, 0.4) is 0 Å². The van der Waals surface area contributed by atoms with Crippen molar-refractivity contribution in [2.24, 2.45) is 0 Å². The van der Waals surface area contributed by atoms with Gasteiger partial charge in [-0.05, 0) is 76.1 Å². The van der Waals surface area contributed by atoms with Crippen LogP contribution in [-0.4, -0.2) is 31.6 Å². The molecule has 3 aromatic carbocycles. The molecule has 4 amide bonds. The van der Waals surface area contributed by atoms with Gasteiger partial charge in [0.2, 0.25) is 0 Å². The van der Waals surface area contributed by atoms with Crippen LogP contribution in [0.2, 0.25) is 5.02 Å². The van der Waals surface area contributed by atoms with E-state index in [1.807, 2.05) is 18.2 Å². The maximum Gasteiger partial charge on any atom is 0.333 e. The van der Waals surface area contributed by atoms with Gasteiger partial charge < -0.3 is 20.1 Å². The molecule has 0 spiro atoms. The normalized spacial score (nSPS) is 14.1. The summed E-state index contributed by atoms with van der Waals surface area (Å²) in [5.41, 5.74) is 1.72. The molecule has 3 aromatic rings. The van der Waals surface area contributed by atoms with Gasteiger partial charge in [-0.3, -0.25) is 9.59 Å². The Morgan fingerprint density at radius 1 is 1.11 bits per heavy atom. The van der Waals surface area contributed by atoms with Crippen LogP contribution < -0.4 is 25.0 Å². The summed E-state index contributed by atoms with van der Waals surface area (Å²) in [6.45, 7) is -0.241. The minimum absolute atomic E-state index is 0.0924. The molecule has 2 N–H and O–H groups in total. The first-order valence-electron chi connectivity index (χ1n) is 10.3. The Balaban J connectivity index is 1.50. The van der Waals surface area contributed by atoms with Crippen LogP contribution in [0.25, 0.3) is 6.08 Å². The number of ether oxygens (including phenoxy) is 2. The maximum absolute atomic E-state index is 12.9. The Morgan fingerprint density at radius 3 is 2.51 bits per heavy atom. The van der Waals surface area contributed by atoms with Crippen LogP contribution in [0.1, 0.15) is 5.56 Å². The fraction of sp³-hybridized carbons (Fsp3) is 0.0800. The van der Waals surface area contributed by atoms with E-state index in [-0.39, 0.29) is 18.2 Å². The third kappa shape index (κ3) is 5.64. The molecule has 10 heteroatoms. The molecule has 0 atom stereocenters. The number of nitrogens with one attached hydrogen (secondary N) is 2. The summed E-state index contributed by atoms with van der Waals surface area (Å²) in [7, 11) is 1.46. The number of halogens is 2. The molecule has 0 saturated carbocycles. The molecule has 0 bridgehead atoms. The first kappa shape index (κ1) is 24.3. The number of para-hydroxylation sites is 1. The number of hydrogen-bond donors (Lipinski definition) is 2. The lowest BCUT2D eigenvalue weighted by Crippen LogP contribution is -2.30. The van der Waals surface area contributed by atoms with Gasteiger partial charge in [0.25, 0.3) is 11.8 Å². The number of carbonyl (C=O) groups is 3. The SMILES string of the molecule is COc1cc(/C=C2/NC(=O)N(c3ccc(Cl)cc3)C2=O)cc(Br)c1OCC(=O)Nc1ccccc1. The van der Waals surface area contributed by atoms with Crippen molar-refractivity contribution in [2.75, 3.05) is 23.9 Å². The van der Waals surface area contributed by atoms with Crippen molar-refractivity contribution in [1.29, 1.82) is 0 Å². The van der Waals surface area contributed by atoms with Gasteiger partial charge in [-0.15, -0.1) is 0 Å². The zero-order valence-corrected chi connectivity index (χ0v) is 20.7. The first-order chi connectivity index (χ1) is 16.9. The Labute approximate surface area is 214 Å². The number of nitrogens with zero attached hydrogens (tertiary/aromatic N) is 1. The highest BCUT2D eigenvalue weighted by Gasteiger charge is 2.34. The highest BCUT2D eigenvalue weighted by Crippen LogP contribution is 2.37. The van der Waals surface area contributed by atoms with Crippen LogP contribution in [0.5, 0.6) is 11.5 Å². The third-order valence-electron chi connectivity index (χ3n) is 4.93. The Kier molecular flexibility index (Phi) is 7.38. The first-order valence-corrected chi connectivity index (χ1v) is 11.5. The topological polar surface area (TPSA) is 97.0 Å². The van der Waals surface area contributed by atoms with E-state index in [4.69, 9.17) is 21.1 Å². The molecule has 1 saturated heterocycles. The summed E-state index contributed by atoms with van der Waals surface area (Å²) in [5.74, 6) is -0.185. The van der Waals surface area contributed by atoms with Crippen LogP contribution in [0.4, 0.5) is 16.2 Å². The minimum atomic E-state index is -0.570. The summed E-state index contributed by atoms with van der Waals surface area (Å²) in [4.78, 5) is 38.6. The van der Waals surface area contributed by atoms with Gasteiger partial charge in [-0.25, -0.2) is 9.69 Å². The summed E-state index contributed by atoms with van der Waals surface area (Å²) in [6.07, 6.45) is 1.52. The van der Waals surface area contributed by atoms with E-state index in [1.54, 1.807) is 48.5 Å². The molecule has 0 aromatic heterocycles. The summed E-state index contributed by atoms with van der Waals surface area (Å²) >= 11 is 9.32. The third-order valence-corrected chi connectivity index (χ3v) is 5.77. The Morgan fingerprint density at radius 2 is 1.83 bits per heavy atom. The molecule has 0 unspecified atom stereocenters. The van der Waals surface area contributed by atoms with Crippen LogP contribution in [-0.2, 0) is 9.59 Å². The average molecular weight is 557 g/mol. The standard InChI is InChI=1S/C25H19BrClN3O5/c1-34-21-13-15(11-19(26)23(21)35-14-22(31)28-17-5-3-2-4-6-17)12-20-24(32)30(25(33)29-20)18-9-7-16(27)8-10-18/h2-13H,14H2,1H3,(H,28,31)(H,29,33)/b20-12+. The van der Waals surface area contributed by atoms with Gasteiger partial charge in [0.05, 0.1) is 17.3 Å². The zero-order chi connectivity index (χ0) is 24.9. The quantitative estimate of drug-likeness (QED) is 0.307. The number of carbonyl (C=O) groups excluding carboxylic acids is 3. The van der Waals surface area contributed by atoms with Crippen molar-refractivity contribution >= 4 is 62.8 Å². The number of methoxy groups -OCH3 is 1. The molecule has 0 aliphatic carbocycles. The van der Waals surface area contributed by atoms with Crippen LogP contribution >= 0.6 is 27.5 Å². The lowest BCUT2D eigenvalue weighted by molar-refractivity contribution is -0.118. The van der Waals surface area contributed by atoms with E-state index in [9.17, 15) is 14.4 Å². The molecule has 35 heavy (non-hydrogen) atoms. The Hall–Kier alpha value is -3.82. The Bertz CT molecular complexity index is 1310. The number of rotatable bonds is 7. The van der Waals surface area contributed by atoms with Gasteiger partial charge in [0, 0.05) is 10.7 Å². The second kappa shape index (κ2) is 10.6.